The Kier molecular flexibility index (Phi) is 5.63. The SMILES string of the molecule is OC(CN1CCOCC1)CN1CCC(c2nc3ccccc3s2)CC1. The zero-order valence-electron chi connectivity index (χ0n) is 14.6. The normalized spacial score (nSPS) is 22.4. The Morgan fingerprint density at radius 1 is 1.08 bits per heavy atom. The average molecular weight is 362 g/mol. The summed E-state index contributed by atoms with van der Waals surface area (Å²) in [6.45, 7) is 7.13. The van der Waals surface area contributed by atoms with Gasteiger partial charge in [-0.1, -0.05) is 12.1 Å². The van der Waals surface area contributed by atoms with E-state index in [2.05, 4.69) is 34.1 Å². The minimum atomic E-state index is -0.267. The molecule has 25 heavy (non-hydrogen) atoms. The first-order valence-corrected chi connectivity index (χ1v) is 10.2. The number of rotatable bonds is 5. The number of nitrogens with zero attached hydrogens (tertiary/aromatic N) is 3. The molecule has 2 saturated heterocycles. The van der Waals surface area contributed by atoms with Crippen LogP contribution in [-0.2, 0) is 4.74 Å². The minimum Gasteiger partial charge on any atom is -0.390 e. The van der Waals surface area contributed by atoms with Gasteiger partial charge < -0.3 is 14.7 Å². The molecule has 0 radical (unpaired) electrons. The molecule has 0 aliphatic carbocycles. The summed E-state index contributed by atoms with van der Waals surface area (Å²) in [5.41, 5.74) is 1.13. The summed E-state index contributed by atoms with van der Waals surface area (Å²) in [5, 5.41) is 11.7. The van der Waals surface area contributed by atoms with Crippen LogP contribution in [0.5, 0.6) is 0 Å². The number of aromatic nitrogens is 1. The number of likely N-dealkylation sites (tertiary alicyclic amines) is 1. The first-order valence-electron chi connectivity index (χ1n) is 9.34. The smallest absolute Gasteiger partial charge is 0.0970 e. The number of benzene rings is 1. The third-order valence-corrected chi connectivity index (χ3v) is 6.49. The number of ether oxygens (including phenoxy) is 1. The molecular formula is C19H27N3O2S. The predicted molar refractivity (Wildman–Crippen MR) is 101 cm³/mol. The lowest BCUT2D eigenvalue weighted by Gasteiger charge is -2.34. The van der Waals surface area contributed by atoms with Crippen molar-refractivity contribution < 1.29 is 9.84 Å². The summed E-state index contributed by atoms with van der Waals surface area (Å²) in [6.07, 6.45) is 2.02. The number of morpholine rings is 1. The van der Waals surface area contributed by atoms with Gasteiger partial charge in [-0.3, -0.25) is 4.90 Å². The molecule has 3 heterocycles. The number of aliphatic hydroxyl groups is 1. The van der Waals surface area contributed by atoms with Crippen LogP contribution < -0.4 is 0 Å². The second-order valence-corrected chi connectivity index (χ2v) is 8.22. The van der Waals surface area contributed by atoms with E-state index < -0.39 is 0 Å². The molecule has 2 aromatic rings. The van der Waals surface area contributed by atoms with Gasteiger partial charge in [-0.05, 0) is 38.1 Å². The fourth-order valence-electron chi connectivity index (χ4n) is 3.86. The zero-order valence-corrected chi connectivity index (χ0v) is 15.5. The zero-order chi connectivity index (χ0) is 17.1. The van der Waals surface area contributed by atoms with Gasteiger partial charge in [0, 0.05) is 32.1 Å². The molecular weight excluding hydrogens is 334 g/mol. The van der Waals surface area contributed by atoms with Crippen molar-refractivity contribution in [1.82, 2.24) is 14.8 Å². The minimum absolute atomic E-state index is 0.267. The van der Waals surface area contributed by atoms with Crippen LogP contribution in [0, 0.1) is 0 Å². The lowest BCUT2D eigenvalue weighted by molar-refractivity contribution is 0.00509. The van der Waals surface area contributed by atoms with E-state index >= 15 is 0 Å². The molecule has 1 aromatic heterocycles. The summed E-state index contributed by atoms with van der Waals surface area (Å²) >= 11 is 1.84. The van der Waals surface area contributed by atoms with Gasteiger partial charge in [0.25, 0.3) is 0 Å². The fourth-order valence-corrected chi connectivity index (χ4v) is 5.00. The van der Waals surface area contributed by atoms with Crippen molar-refractivity contribution in [3.63, 3.8) is 0 Å². The lowest BCUT2D eigenvalue weighted by Crippen LogP contribution is -2.46. The molecule has 2 fully saturated rings. The molecule has 136 valence electrons. The van der Waals surface area contributed by atoms with Gasteiger partial charge in [0.05, 0.1) is 34.5 Å². The van der Waals surface area contributed by atoms with Gasteiger partial charge in [-0.15, -0.1) is 11.3 Å². The van der Waals surface area contributed by atoms with Gasteiger partial charge >= 0.3 is 0 Å². The quantitative estimate of drug-likeness (QED) is 0.884. The van der Waals surface area contributed by atoms with E-state index in [9.17, 15) is 5.11 Å². The average Bonchev–Trinajstić information content (AvgIpc) is 3.07. The Balaban J connectivity index is 1.26. The Hall–Kier alpha value is -1.05. The Bertz CT molecular complexity index is 645. The van der Waals surface area contributed by atoms with Crippen molar-refractivity contribution in [2.45, 2.75) is 24.9 Å². The van der Waals surface area contributed by atoms with E-state index in [0.29, 0.717) is 5.92 Å². The number of hydrogen-bond acceptors (Lipinski definition) is 6. The summed E-state index contributed by atoms with van der Waals surface area (Å²) in [4.78, 5) is 9.55. The Labute approximate surface area is 153 Å². The molecule has 4 rings (SSSR count). The molecule has 0 amide bonds. The first kappa shape index (κ1) is 17.4. The van der Waals surface area contributed by atoms with Crippen molar-refractivity contribution >= 4 is 21.6 Å². The number of thiazole rings is 1. The van der Waals surface area contributed by atoms with E-state index in [1.807, 2.05) is 11.3 Å². The van der Waals surface area contributed by atoms with Crippen molar-refractivity contribution in [3.8, 4) is 0 Å². The summed E-state index contributed by atoms with van der Waals surface area (Å²) in [6, 6.07) is 8.41. The molecule has 0 saturated carbocycles. The number of piperidine rings is 1. The molecule has 5 nitrogen and oxygen atoms in total. The lowest BCUT2D eigenvalue weighted by atomic mass is 9.97. The van der Waals surface area contributed by atoms with Crippen LogP contribution >= 0.6 is 11.3 Å². The molecule has 2 aliphatic heterocycles. The van der Waals surface area contributed by atoms with Crippen molar-refractivity contribution in [1.29, 1.82) is 0 Å². The number of β-amino-alcohol motifs (C(OH)–C–C–N with tert-alkyl or cyclic N) is 1. The van der Waals surface area contributed by atoms with Gasteiger partial charge in [0.15, 0.2) is 0 Å². The topological polar surface area (TPSA) is 48.8 Å². The van der Waals surface area contributed by atoms with Crippen molar-refractivity contribution in [2.75, 3.05) is 52.5 Å². The summed E-state index contributed by atoms with van der Waals surface area (Å²) < 4.78 is 6.66. The third-order valence-electron chi connectivity index (χ3n) is 5.29. The highest BCUT2D eigenvalue weighted by molar-refractivity contribution is 7.18. The molecule has 1 atom stereocenters. The van der Waals surface area contributed by atoms with Gasteiger partial charge in [0.1, 0.15) is 0 Å². The van der Waals surface area contributed by atoms with Crippen LogP contribution in [0.3, 0.4) is 0 Å². The standard InChI is InChI=1S/C19H27N3O2S/c23-16(14-22-9-11-24-12-10-22)13-21-7-5-15(6-8-21)19-20-17-3-1-2-4-18(17)25-19/h1-4,15-16,23H,5-14H2. The Morgan fingerprint density at radius 3 is 2.48 bits per heavy atom. The van der Waals surface area contributed by atoms with E-state index in [0.717, 1.165) is 70.8 Å². The van der Waals surface area contributed by atoms with E-state index in [1.54, 1.807) is 0 Å². The molecule has 1 aromatic carbocycles. The van der Waals surface area contributed by atoms with Crippen LogP contribution in [0.4, 0.5) is 0 Å². The Morgan fingerprint density at radius 2 is 1.76 bits per heavy atom. The maximum absolute atomic E-state index is 10.4. The van der Waals surface area contributed by atoms with E-state index in [4.69, 9.17) is 9.72 Å². The molecule has 6 heteroatoms. The van der Waals surface area contributed by atoms with E-state index in [1.165, 1.54) is 9.71 Å². The fraction of sp³-hybridized carbons (Fsp3) is 0.632. The second kappa shape index (κ2) is 8.10. The molecule has 0 spiro atoms. The maximum atomic E-state index is 10.4. The number of aliphatic hydroxyl groups excluding tert-OH is 1. The summed E-state index contributed by atoms with van der Waals surface area (Å²) in [5.74, 6) is 0.574. The number of hydrogen-bond donors (Lipinski definition) is 1. The van der Waals surface area contributed by atoms with Crippen molar-refractivity contribution in [2.24, 2.45) is 0 Å². The first-order chi connectivity index (χ1) is 12.3. The van der Waals surface area contributed by atoms with Gasteiger partial charge in [0.2, 0.25) is 0 Å². The molecule has 1 N–H and O–H groups in total. The highest BCUT2D eigenvalue weighted by Gasteiger charge is 2.25. The van der Waals surface area contributed by atoms with Crippen LogP contribution in [0.15, 0.2) is 24.3 Å². The molecule has 2 aliphatic rings. The van der Waals surface area contributed by atoms with Crippen LogP contribution in [0.2, 0.25) is 0 Å². The highest BCUT2D eigenvalue weighted by Crippen LogP contribution is 2.33. The number of fused-ring (bicyclic) bond motifs is 1. The molecule has 1 unspecified atom stereocenters. The highest BCUT2D eigenvalue weighted by atomic mass is 32.1. The van der Waals surface area contributed by atoms with Crippen molar-refractivity contribution in [3.05, 3.63) is 29.3 Å². The predicted octanol–water partition coefficient (Wildman–Crippen LogP) is 2.17. The van der Waals surface area contributed by atoms with Crippen LogP contribution in [0.25, 0.3) is 10.2 Å². The maximum Gasteiger partial charge on any atom is 0.0970 e. The largest absolute Gasteiger partial charge is 0.390 e. The number of para-hydroxylation sites is 1. The van der Waals surface area contributed by atoms with Crippen LogP contribution in [0.1, 0.15) is 23.8 Å². The van der Waals surface area contributed by atoms with Gasteiger partial charge in [-0.25, -0.2) is 4.98 Å². The van der Waals surface area contributed by atoms with Crippen LogP contribution in [-0.4, -0.2) is 78.5 Å². The second-order valence-electron chi connectivity index (χ2n) is 7.16. The molecule has 0 bridgehead atoms. The third kappa shape index (κ3) is 4.38. The van der Waals surface area contributed by atoms with E-state index in [-0.39, 0.29) is 6.10 Å². The van der Waals surface area contributed by atoms with Gasteiger partial charge in [-0.2, -0.15) is 0 Å². The monoisotopic (exact) mass is 361 g/mol. The summed E-state index contributed by atoms with van der Waals surface area (Å²) in [7, 11) is 0.